The topological polar surface area (TPSA) is 30.5 Å². The predicted molar refractivity (Wildman–Crippen MR) is 79.8 cm³/mol. The lowest BCUT2D eigenvalue weighted by Crippen LogP contribution is -2.36. The number of hydrogen-bond acceptors (Lipinski definition) is 3. The lowest BCUT2D eigenvalue weighted by Gasteiger charge is -2.21. The summed E-state index contributed by atoms with van der Waals surface area (Å²) >= 11 is 0. The van der Waals surface area contributed by atoms with E-state index in [-0.39, 0.29) is 6.10 Å². The summed E-state index contributed by atoms with van der Waals surface area (Å²) in [5.41, 5.74) is 1.24. The monoisotopic (exact) mass is 265 g/mol. The van der Waals surface area contributed by atoms with Gasteiger partial charge in [0.25, 0.3) is 0 Å². The van der Waals surface area contributed by atoms with E-state index in [1.165, 1.54) is 5.56 Å². The number of para-hydroxylation sites is 1. The molecule has 1 N–H and O–H groups in total. The van der Waals surface area contributed by atoms with Gasteiger partial charge in [-0.1, -0.05) is 39.0 Å². The average molecular weight is 265 g/mol. The molecule has 1 rings (SSSR count). The SMILES string of the molecule is CCc1ccccc1OC(CNCC(C)C)COC. The van der Waals surface area contributed by atoms with Crippen LogP contribution >= 0.6 is 0 Å². The van der Waals surface area contributed by atoms with Crippen molar-refractivity contribution in [3.05, 3.63) is 29.8 Å². The van der Waals surface area contributed by atoms with Crippen LogP contribution in [0.3, 0.4) is 0 Å². The second kappa shape index (κ2) is 8.94. The van der Waals surface area contributed by atoms with Gasteiger partial charge >= 0.3 is 0 Å². The van der Waals surface area contributed by atoms with Crippen LogP contribution in [-0.2, 0) is 11.2 Å². The third-order valence-electron chi connectivity index (χ3n) is 2.92. The van der Waals surface area contributed by atoms with Gasteiger partial charge in [-0.3, -0.25) is 0 Å². The quantitative estimate of drug-likeness (QED) is 0.744. The number of methoxy groups -OCH3 is 1. The van der Waals surface area contributed by atoms with Crippen molar-refractivity contribution in [2.24, 2.45) is 5.92 Å². The molecular weight excluding hydrogens is 238 g/mol. The van der Waals surface area contributed by atoms with Crippen molar-refractivity contribution in [3.8, 4) is 5.75 Å². The fraction of sp³-hybridized carbons (Fsp3) is 0.625. The van der Waals surface area contributed by atoms with Crippen LogP contribution < -0.4 is 10.1 Å². The van der Waals surface area contributed by atoms with Crippen molar-refractivity contribution in [1.29, 1.82) is 0 Å². The molecule has 3 heteroatoms. The molecule has 0 aliphatic rings. The van der Waals surface area contributed by atoms with E-state index in [1.807, 2.05) is 18.2 Å². The van der Waals surface area contributed by atoms with E-state index in [2.05, 4.69) is 32.2 Å². The third kappa shape index (κ3) is 6.08. The molecule has 0 aliphatic heterocycles. The normalized spacial score (nSPS) is 12.7. The summed E-state index contributed by atoms with van der Waals surface area (Å²) in [5, 5.41) is 3.42. The fourth-order valence-electron chi connectivity index (χ4n) is 1.94. The number of nitrogens with one attached hydrogen (secondary N) is 1. The van der Waals surface area contributed by atoms with Crippen LogP contribution in [0.5, 0.6) is 5.75 Å². The molecule has 1 aromatic carbocycles. The first-order valence-electron chi connectivity index (χ1n) is 7.11. The molecule has 0 spiro atoms. The second-order valence-electron chi connectivity index (χ2n) is 5.21. The van der Waals surface area contributed by atoms with E-state index in [0.717, 1.165) is 25.3 Å². The van der Waals surface area contributed by atoms with Crippen molar-refractivity contribution in [2.45, 2.75) is 33.3 Å². The van der Waals surface area contributed by atoms with Crippen LogP contribution in [0.25, 0.3) is 0 Å². The van der Waals surface area contributed by atoms with E-state index in [1.54, 1.807) is 7.11 Å². The van der Waals surface area contributed by atoms with E-state index in [0.29, 0.717) is 12.5 Å². The van der Waals surface area contributed by atoms with Crippen LogP contribution in [0, 0.1) is 5.92 Å². The molecule has 0 saturated carbocycles. The molecule has 0 aromatic heterocycles. The van der Waals surface area contributed by atoms with E-state index >= 15 is 0 Å². The Morgan fingerprint density at radius 1 is 1.16 bits per heavy atom. The Labute approximate surface area is 117 Å². The van der Waals surface area contributed by atoms with Gasteiger partial charge in [0.05, 0.1) is 6.61 Å². The molecule has 0 saturated heterocycles. The van der Waals surface area contributed by atoms with Crippen molar-refractivity contribution in [1.82, 2.24) is 5.32 Å². The Morgan fingerprint density at radius 3 is 2.53 bits per heavy atom. The van der Waals surface area contributed by atoms with Crippen LogP contribution in [-0.4, -0.2) is 32.9 Å². The van der Waals surface area contributed by atoms with Crippen LogP contribution in [0.2, 0.25) is 0 Å². The smallest absolute Gasteiger partial charge is 0.134 e. The minimum atomic E-state index is 0.0523. The molecule has 108 valence electrons. The molecule has 1 aromatic rings. The highest BCUT2D eigenvalue weighted by atomic mass is 16.5. The molecule has 0 heterocycles. The van der Waals surface area contributed by atoms with Crippen molar-refractivity contribution < 1.29 is 9.47 Å². The van der Waals surface area contributed by atoms with E-state index in [4.69, 9.17) is 9.47 Å². The minimum absolute atomic E-state index is 0.0523. The number of aryl methyl sites for hydroxylation is 1. The number of hydrogen-bond donors (Lipinski definition) is 1. The highest BCUT2D eigenvalue weighted by Gasteiger charge is 2.12. The summed E-state index contributed by atoms with van der Waals surface area (Å²) in [7, 11) is 1.71. The molecular formula is C16H27NO2. The molecule has 3 nitrogen and oxygen atoms in total. The zero-order valence-electron chi connectivity index (χ0n) is 12.6. The minimum Gasteiger partial charge on any atom is -0.486 e. The van der Waals surface area contributed by atoms with Crippen LogP contribution in [0.1, 0.15) is 26.3 Å². The summed E-state index contributed by atoms with van der Waals surface area (Å²) in [5.74, 6) is 1.62. The maximum atomic E-state index is 6.07. The zero-order valence-corrected chi connectivity index (χ0v) is 12.6. The molecule has 0 amide bonds. The van der Waals surface area contributed by atoms with E-state index < -0.39 is 0 Å². The van der Waals surface area contributed by atoms with Gasteiger partial charge < -0.3 is 14.8 Å². The fourth-order valence-corrected chi connectivity index (χ4v) is 1.94. The Kier molecular flexibility index (Phi) is 7.53. The molecule has 19 heavy (non-hydrogen) atoms. The molecule has 0 radical (unpaired) electrons. The zero-order chi connectivity index (χ0) is 14.1. The largest absolute Gasteiger partial charge is 0.486 e. The molecule has 0 aliphatic carbocycles. The Hall–Kier alpha value is -1.06. The Bertz CT molecular complexity index is 352. The van der Waals surface area contributed by atoms with Gasteiger partial charge in [-0.15, -0.1) is 0 Å². The lowest BCUT2D eigenvalue weighted by molar-refractivity contribution is 0.0796. The van der Waals surface area contributed by atoms with Crippen LogP contribution in [0.4, 0.5) is 0 Å². The lowest BCUT2D eigenvalue weighted by atomic mass is 10.1. The summed E-state index contributed by atoms with van der Waals surface area (Å²) < 4.78 is 11.3. The molecule has 1 atom stereocenters. The summed E-state index contributed by atoms with van der Waals surface area (Å²) in [4.78, 5) is 0. The molecule has 1 unspecified atom stereocenters. The standard InChI is InChI=1S/C16H27NO2/c1-5-14-8-6-7-9-16(14)19-15(12-18-4)11-17-10-13(2)3/h6-9,13,15,17H,5,10-12H2,1-4H3. The van der Waals surface area contributed by atoms with Gasteiger partial charge in [-0.05, 0) is 30.5 Å². The molecule has 0 fully saturated rings. The summed E-state index contributed by atoms with van der Waals surface area (Å²) in [6, 6.07) is 8.21. The maximum absolute atomic E-state index is 6.07. The first-order valence-corrected chi connectivity index (χ1v) is 7.11. The van der Waals surface area contributed by atoms with Crippen LogP contribution in [0.15, 0.2) is 24.3 Å². The highest BCUT2D eigenvalue weighted by Crippen LogP contribution is 2.19. The van der Waals surface area contributed by atoms with Crippen molar-refractivity contribution in [2.75, 3.05) is 26.8 Å². The highest BCUT2D eigenvalue weighted by molar-refractivity contribution is 5.33. The number of ether oxygens (including phenoxy) is 2. The van der Waals surface area contributed by atoms with Crippen molar-refractivity contribution >= 4 is 0 Å². The summed E-state index contributed by atoms with van der Waals surface area (Å²) in [6.07, 6.45) is 1.03. The van der Waals surface area contributed by atoms with Crippen molar-refractivity contribution in [3.63, 3.8) is 0 Å². The van der Waals surface area contributed by atoms with Gasteiger partial charge in [0.2, 0.25) is 0 Å². The van der Waals surface area contributed by atoms with Gasteiger partial charge in [0.1, 0.15) is 11.9 Å². The van der Waals surface area contributed by atoms with Gasteiger partial charge in [0, 0.05) is 13.7 Å². The molecule has 0 bridgehead atoms. The number of rotatable bonds is 9. The maximum Gasteiger partial charge on any atom is 0.134 e. The number of benzene rings is 1. The first kappa shape index (κ1) is 16.0. The van der Waals surface area contributed by atoms with Gasteiger partial charge in [-0.2, -0.15) is 0 Å². The second-order valence-corrected chi connectivity index (χ2v) is 5.21. The van der Waals surface area contributed by atoms with Gasteiger partial charge in [0.15, 0.2) is 0 Å². The first-order chi connectivity index (χ1) is 9.17. The predicted octanol–water partition coefficient (Wildman–Crippen LogP) is 2.89. The third-order valence-corrected chi connectivity index (χ3v) is 2.92. The average Bonchev–Trinajstić information content (AvgIpc) is 2.39. The van der Waals surface area contributed by atoms with E-state index in [9.17, 15) is 0 Å². The summed E-state index contributed by atoms with van der Waals surface area (Å²) in [6.45, 7) is 8.95. The Balaban J connectivity index is 2.56. The van der Waals surface area contributed by atoms with Gasteiger partial charge in [-0.25, -0.2) is 0 Å². The Morgan fingerprint density at radius 2 is 1.89 bits per heavy atom.